The Bertz CT molecular complexity index is 489. The van der Waals surface area contributed by atoms with Crippen LogP contribution in [0.1, 0.15) is 76.0 Å². The molecule has 1 fully saturated rings. The third-order valence-electron chi connectivity index (χ3n) is 5.11. The molecule has 3 heteroatoms. The molecule has 0 radical (unpaired) electrons. The summed E-state index contributed by atoms with van der Waals surface area (Å²) in [5.41, 5.74) is 2.76. The van der Waals surface area contributed by atoms with E-state index in [4.69, 9.17) is 0 Å². The molecule has 0 aromatic heterocycles. The number of hydrogen-bond donors (Lipinski definition) is 2. The Morgan fingerprint density at radius 1 is 1.04 bits per heavy atom. The summed E-state index contributed by atoms with van der Waals surface area (Å²) in [5, 5.41) is 6.18. The van der Waals surface area contributed by atoms with Crippen LogP contribution in [0, 0.1) is 5.92 Å². The zero-order valence-corrected chi connectivity index (χ0v) is 15.1. The lowest BCUT2D eigenvalue weighted by atomic mass is 9.83. The first-order valence-corrected chi connectivity index (χ1v) is 9.10. The molecule has 3 nitrogen and oxygen atoms in total. The van der Waals surface area contributed by atoms with Crippen LogP contribution in [0.4, 0.5) is 0 Å². The Morgan fingerprint density at radius 2 is 1.65 bits per heavy atom. The van der Waals surface area contributed by atoms with Crippen LogP contribution in [-0.4, -0.2) is 19.0 Å². The highest BCUT2D eigenvalue weighted by molar-refractivity contribution is 5.81. The van der Waals surface area contributed by atoms with E-state index >= 15 is 0 Å². The van der Waals surface area contributed by atoms with E-state index in [9.17, 15) is 4.79 Å². The maximum Gasteiger partial charge on any atom is 0.236 e. The number of carbonyl (C=O) groups is 1. The van der Waals surface area contributed by atoms with E-state index in [-0.39, 0.29) is 18.0 Å². The average molecular weight is 316 g/mol. The molecule has 1 saturated carbocycles. The van der Waals surface area contributed by atoms with E-state index in [1.165, 1.54) is 43.2 Å². The van der Waals surface area contributed by atoms with Crippen molar-refractivity contribution in [1.82, 2.24) is 10.6 Å². The van der Waals surface area contributed by atoms with Crippen molar-refractivity contribution in [3.63, 3.8) is 0 Å². The number of carbonyl (C=O) groups excluding carboxylic acids is 1. The van der Waals surface area contributed by atoms with Crippen LogP contribution >= 0.6 is 0 Å². The topological polar surface area (TPSA) is 41.1 Å². The molecule has 0 heterocycles. The molecular weight excluding hydrogens is 284 g/mol. The van der Waals surface area contributed by atoms with Crippen LogP contribution in [0.3, 0.4) is 0 Å². The molecule has 0 bridgehead atoms. The van der Waals surface area contributed by atoms with Crippen molar-refractivity contribution in [3.05, 3.63) is 35.4 Å². The summed E-state index contributed by atoms with van der Waals surface area (Å²) in [4.78, 5) is 11.8. The first kappa shape index (κ1) is 18.0. The molecule has 128 valence electrons. The van der Waals surface area contributed by atoms with E-state index in [2.05, 4.69) is 48.7 Å². The molecule has 1 aromatic carbocycles. The van der Waals surface area contributed by atoms with E-state index in [1.807, 2.05) is 6.92 Å². The standard InChI is InChI=1S/C20H32N2O/c1-14(2)19(22-15(3)20(23)21-4)18-12-10-17(11-13-18)16-8-6-5-7-9-16/h10-16,19,22H,5-9H2,1-4H3,(H,21,23)/t15-,19-/m1/s1. The molecule has 2 rings (SSSR count). The monoisotopic (exact) mass is 316 g/mol. The van der Waals surface area contributed by atoms with Gasteiger partial charge < -0.3 is 5.32 Å². The number of benzene rings is 1. The van der Waals surface area contributed by atoms with Gasteiger partial charge >= 0.3 is 0 Å². The maximum atomic E-state index is 11.8. The second-order valence-electron chi connectivity index (χ2n) is 7.23. The molecule has 0 saturated heterocycles. The molecule has 0 spiro atoms. The van der Waals surface area contributed by atoms with Gasteiger partial charge in [-0.3, -0.25) is 10.1 Å². The Labute approximate surface area is 141 Å². The van der Waals surface area contributed by atoms with E-state index in [0.29, 0.717) is 5.92 Å². The predicted octanol–water partition coefficient (Wildman–Crippen LogP) is 4.16. The van der Waals surface area contributed by atoms with E-state index in [1.54, 1.807) is 7.05 Å². The van der Waals surface area contributed by atoms with Crippen molar-refractivity contribution in [2.24, 2.45) is 5.92 Å². The van der Waals surface area contributed by atoms with Gasteiger partial charge in [0.25, 0.3) is 0 Å². The van der Waals surface area contributed by atoms with Crippen LogP contribution in [0.25, 0.3) is 0 Å². The van der Waals surface area contributed by atoms with Crippen molar-refractivity contribution >= 4 is 5.91 Å². The quantitative estimate of drug-likeness (QED) is 0.827. The number of rotatable bonds is 6. The normalized spacial score (nSPS) is 18.7. The van der Waals surface area contributed by atoms with Gasteiger partial charge in [0.05, 0.1) is 6.04 Å². The zero-order chi connectivity index (χ0) is 16.8. The minimum absolute atomic E-state index is 0.0366. The van der Waals surface area contributed by atoms with Crippen molar-refractivity contribution < 1.29 is 4.79 Å². The van der Waals surface area contributed by atoms with Gasteiger partial charge in [0.2, 0.25) is 5.91 Å². The molecule has 0 unspecified atom stereocenters. The first-order chi connectivity index (χ1) is 11.0. The molecule has 23 heavy (non-hydrogen) atoms. The van der Waals surface area contributed by atoms with Gasteiger partial charge in [-0.25, -0.2) is 0 Å². The molecule has 2 N–H and O–H groups in total. The molecule has 0 aliphatic heterocycles. The summed E-state index contributed by atoms with van der Waals surface area (Å²) in [7, 11) is 1.68. The zero-order valence-electron chi connectivity index (χ0n) is 15.1. The summed E-state index contributed by atoms with van der Waals surface area (Å²) in [6.07, 6.45) is 6.79. The van der Waals surface area contributed by atoms with Gasteiger partial charge in [-0.2, -0.15) is 0 Å². The number of nitrogens with one attached hydrogen (secondary N) is 2. The Balaban J connectivity index is 2.08. The van der Waals surface area contributed by atoms with Gasteiger partial charge in [-0.1, -0.05) is 57.4 Å². The number of likely N-dealkylation sites (N-methyl/N-ethyl adjacent to an activating group) is 1. The third-order valence-corrected chi connectivity index (χ3v) is 5.11. The largest absolute Gasteiger partial charge is 0.358 e. The van der Waals surface area contributed by atoms with Crippen LogP contribution < -0.4 is 10.6 Å². The highest BCUT2D eigenvalue weighted by Gasteiger charge is 2.22. The van der Waals surface area contributed by atoms with Crippen LogP contribution in [0.5, 0.6) is 0 Å². The Morgan fingerprint density at radius 3 is 2.17 bits per heavy atom. The second kappa shape index (κ2) is 8.49. The fourth-order valence-electron chi connectivity index (χ4n) is 3.65. The van der Waals surface area contributed by atoms with Crippen LogP contribution in [0.2, 0.25) is 0 Å². The molecule has 1 aliphatic carbocycles. The van der Waals surface area contributed by atoms with Gasteiger partial charge in [0.15, 0.2) is 0 Å². The summed E-state index contributed by atoms with van der Waals surface area (Å²) < 4.78 is 0. The molecular formula is C20H32N2O. The van der Waals surface area contributed by atoms with Crippen molar-refractivity contribution in [2.45, 2.75) is 70.9 Å². The van der Waals surface area contributed by atoms with Gasteiger partial charge in [-0.15, -0.1) is 0 Å². The van der Waals surface area contributed by atoms with Gasteiger partial charge in [0.1, 0.15) is 0 Å². The minimum atomic E-state index is -0.189. The molecule has 1 aromatic rings. The molecule has 2 atom stereocenters. The second-order valence-corrected chi connectivity index (χ2v) is 7.23. The summed E-state index contributed by atoms with van der Waals surface area (Å²) in [6.45, 7) is 6.32. The van der Waals surface area contributed by atoms with E-state index < -0.39 is 0 Å². The fourth-order valence-corrected chi connectivity index (χ4v) is 3.65. The lowest BCUT2D eigenvalue weighted by Crippen LogP contribution is -2.43. The number of hydrogen-bond acceptors (Lipinski definition) is 2. The predicted molar refractivity (Wildman–Crippen MR) is 96.5 cm³/mol. The Kier molecular flexibility index (Phi) is 6.64. The lowest BCUT2D eigenvalue weighted by Gasteiger charge is -2.27. The van der Waals surface area contributed by atoms with Crippen molar-refractivity contribution in [3.8, 4) is 0 Å². The Hall–Kier alpha value is -1.35. The maximum absolute atomic E-state index is 11.8. The number of amides is 1. The van der Waals surface area contributed by atoms with Crippen molar-refractivity contribution in [1.29, 1.82) is 0 Å². The molecule has 1 aliphatic rings. The van der Waals surface area contributed by atoms with Gasteiger partial charge in [0, 0.05) is 13.1 Å². The van der Waals surface area contributed by atoms with Gasteiger partial charge in [-0.05, 0) is 42.7 Å². The van der Waals surface area contributed by atoms with Crippen molar-refractivity contribution in [2.75, 3.05) is 7.05 Å². The summed E-state index contributed by atoms with van der Waals surface area (Å²) in [5.74, 6) is 1.21. The third kappa shape index (κ3) is 4.81. The average Bonchev–Trinajstić information content (AvgIpc) is 2.59. The lowest BCUT2D eigenvalue weighted by molar-refractivity contribution is -0.122. The SMILES string of the molecule is CNC(=O)[C@@H](C)N[C@@H](c1ccc(C2CCCCC2)cc1)C(C)C. The smallest absolute Gasteiger partial charge is 0.236 e. The summed E-state index contributed by atoms with van der Waals surface area (Å²) >= 11 is 0. The molecule has 1 amide bonds. The van der Waals surface area contributed by atoms with Crippen LogP contribution in [-0.2, 0) is 4.79 Å². The van der Waals surface area contributed by atoms with E-state index in [0.717, 1.165) is 5.92 Å². The summed E-state index contributed by atoms with van der Waals surface area (Å²) in [6, 6.07) is 9.10. The van der Waals surface area contributed by atoms with Crippen LogP contribution in [0.15, 0.2) is 24.3 Å². The highest BCUT2D eigenvalue weighted by Crippen LogP contribution is 2.33. The highest BCUT2D eigenvalue weighted by atomic mass is 16.2. The first-order valence-electron chi connectivity index (χ1n) is 9.10. The minimum Gasteiger partial charge on any atom is -0.358 e. The fraction of sp³-hybridized carbons (Fsp3) is 0.650.